The summed E-state index contributed by atoms with van der Waals surface area (Å²) in [6, 6.07) is 3.61. The predicted molar refractivity (Wildman–Crippen MR) is 214 cm³/mol. The van der Waals surface area contributed by atoms with Crippen molar-refractivity contribution in [2.75, 3.05) is 13.2 Å². The quantitative estimate of drug-likeness (QED) is 0.0222. The molecule has 0 bridgehead atoms. The SMILES string of the molecule is CCCCCCC/C=C/CCCCCCCCCOC(=O)c1cccc(S(=O)(=O)[O-])c1C(=O)OCCCCCCCCC/C=C/CCCCCCC.[K+]. The number of hydrogen-bond donors (Lipinski definition) is 0. The van der Waals surface area contributed by atoms with Gasteiger partial charge in [-0.25, -0.2) is 18.0 Å². The van der Waals surface area contributed by atoms with Crippen molar-refractivity contribution in [1.82, 2.24) is 0 Å². The van der Waals surface area contributed by atoms with Crippen molar-refractivity contribution in [1.29, 1.82) is 0 Å². The van der Waals surface area contributed by atoms with E-state index in [-0.39, 0.29) is 70.2 Å². The molecule has 1 aromatic carbocycles. The molecular formula is C44H73KO7S. The van der Waals surface area contributed by atoms with E-state index in [1.807, 2.05) is 0 Å². The molecule has 1 aromatic rings. The summed E-state index contributed by atoms with van der Waals surface area (Å²) < 4.78 is 46.6. The summed E-state index contributed by atoms with van der Waals surface area (Å²) in [5.74, 6) is -1.82. The van der Waals surface area contributed by atoms with Gasteiger partial charge in [-0.1, -0.05) is 160 Å². The Hall–Kier alpha value is -0.814. The van der Waals surface area contributed by atoms with Crippen LogP contribution in [0.3, 0.4) is 0 Å². The first kappa shape index (κ1) is 52.2. The van der Waals surface area contributed by atoms with Crippen molar-refractivity contribution in [3.8, 4) is 0 Å². The Morgan fingerprint density at radius 2 is 0.868 bits per heavy atom. The van der Waals surface area contributed by atoms with E-state index in [4.69, 9.17) is 9.47 Å². The Kier molecular flexibility index (Phi) is 36.2. The normalized spacial score (nSPS) is 11.7. The standard InChI is InChI=1S/C44H74O7S.K/c1-3-5-7-9-11-13-15-17-19-21-23-25-27-29-31-33-38-50-43(45)40-36-35-37-41(52(47,48)49)42(40)44(46)51-39-34-32-30-28-26-24-22-20-18-16-14-12-10-8-6-4-2;/h15-18,35-37H,3-14,19-34,38-39H2,1-2H3,(H,47,48,49);/q;+1/p-1/b17-15+,18-16+;. The predicted octanol–water partition coefficient (Wildman–Crippen LogP) is 9.98. The first-order valence-corrected chi connectivity index (χ1v) is 22.5. The third-order valence-corrected chi connectivity index (χ3v) is 10.4. The van der Waals surface area contributed by atoms with Crippen LogP contribution in [0.4, 0.5) is 0 Å². The Bertz CT molecular complexity index is 1210. The van der Waals surface area contributed by atoms with Gasteiger partial charge in [0.1, 0.15) is 10.1 Å². The molecule has 0 aliphatic rings. The summed E-state index contributed by atoms with van der Waals surface area (Å²) in [6.07, 6.45) is 41.8. The fourth-order valence-electron chi connectivity index (χ4n) is 6.30. The van der Waals surface area contributed by atoms with Gasteiger partial charge in [-0.05, 0) is 76.3 Å². The second-order valence-corrected chi connectivity index (χ2v) is 15.6. The third kappa shape index (κ3) is 29.1. The number of ether oxygens (including phenoxy) is 2. The van der Waals surface area contributed by atoms with Crippen molar-refractivity contribution in [3.63, 3.8) is 0 Å². The van der Waals surface area contributed by atoms with Crippen LogP contribution in [-0.4, -0.2) is 38.1 Å². The largest absolute Gasteiger partial charge is 1.00 e. The summed E-state index contributed by atoms with van der Waals surface area (Å²) in [5.41, 5.74) is -0.788. The van der Waals surface area contributed by atoms with Gasteiger partial charge in [0.15, 0.2) is 0 Å². The molecule has 0 saturated carbocycles. The van der Waals surface area contributed by atoms with E-state index < -0.39 is 32.5 Å². The zero-order chi connectivity index (χ0) is 38.0. The third-order valence-electron chi connectivity index (χ3n) is 9.50. The Balaban J connectivity index is 0.0000270. The van der Waals surface area contributed by atoms with Gasteiger partial charge in [0.25, 0.3) is 0 Å². The average molecular weight is 785 g/mol. The minimum Gasteiger partial charge on any atom is -0.744 e. The Morgan fingerprint density at radius 3 is 1.25 bits per heavy atom. The molecule has 0 heterocycles. The fraction of sp³-hybridized carbons (Fsp3) is 0.727. The van der Waals surface area contributed by atoms with Gasteiger partial charge in [0.2, 0.25) is 0 Å². The van der Waals surface area contributed by atoms with Crippen molar-refractivity contribution in [3.05, 3.63) is 53.6 Å². The van der Waals surface area contributed by atoms with E-state index in [9.17, 15) is 22.6 Å². The van der Waals surface area contributed by atoms with Gasteiger partial charge in [-0.2, -0.15) is 0 Å². The van der Waals surface area contributed by atoms with E-state index >= 15 is 0 Å². The van der Waals surface area contributed by atoms with Crippen LogP contribution in [0, 0.1) is 0 Å². The number of carbonyl (C=O) groups excluding carboxylic acids is 2. The molecule has 0 aliphatic carbocycles. The number of rotatable bonds is 35. The van der Waals surface area contributed by atoms with Gasteiger partial charge in [0.05, 0.1) is 29.2 Å². The Labute approximate surface area is 367 Å². The zero-order valence-electron chi connectivity index (χ0n) is 34.0. The maximum atomic E-state index is 13.0. The Morgan fingerprint density at radius 1 is 0.528 bits per heavy atom. The first-order valence-electron chi connectivity index (χ1n) is 21.1. The fourth-order valence-corrected chi connectivity index (χ4v) is 6.99. The second kappa shape index (κ2) is 36.8. The summed E-state index contributed by atoms with van der Waals surface area (Å²) in [4.78, 5) is 25.1. The van der Waals surface area contributed by atoms with Crippen LogP contribution in [0.15, 0.2) is 47.4 Å². The van der Waals surface area contributed by atoms with Gasteiger partial charge in [-0.15, -0.1) is 0 Å². The minimum atomic E-state index is -5.02. The van der Waals surface area contributed by atoms with Crippen LogP contribution in [0.1, 0.15) is 214 Å². The molecule has 0 saturated heterocycles. The van der Waals surface area contributed by atoms with Gasteiger partial charge in [0, 0.05) is 0 Å². The molecule has 298 valence electrons. The van der Waals surface area contributed by atoms with Crippen LogP contribution < -0.4 is 51.4 Å². The number of hydrogen-bond acceptors (Lipinski definition) is 7. The maximum absolute atomic E-state index is 13.0. The molecule has 53 heavy (non-hydrogen) atoms. The number of benzene rings is 1. The van der Waals surface area contributed by atoms with Crippen molar-refractivity contribution < 1.29 is 83.4 Å². The summed E-state index contributed by atoms with van der Waals surface area (Å²) in [5, 5.41) is 0. The van der Waals surface area contributed by atoms with Crippen LogP contribution >= 0.6 is 0 Å². The van der Waals surface area contributed by atoms with Crippen molar-refractivity contribution >= 4 is 22.1 Å². The van der Waals surface area contributed by atoms with E-state index in [0.29, 0.717) is 12.8 Å². The van der Waals surface area contributed by atoms with Crippen LogP contribution in [0.25, 0.3) is 0 Å². The van der Waals surface area contributed by atoms with Crippen LogP contribution in [-0.2, 0) is 19.6 Å². The molecule has 7 nitrogen and oxygen atoms in total. The molecule has 9 heteroatoms. The van der Waals surface area contributed by atoms with E-state index in [2.05, 4.69) is 38.2 Å². The summed E-state index contributed by atoms with van der Waals surface area (Å²) >= 11 is 0. The number of esters is 2. The summed E-state index contributed by atoms with van der Waals surface area (Å²) in [7, 11) is -5.02. The monoisotopic (exact) mass is 784 g/mol. The van der Waals surface area contributed by atoms with E-state index in [0.717, 1.165) is 57.4 Å². The van der Waals surface area contributed by atoms with Gasteiger partial charge in [-0.3, -0.25) is 0 Å². The van der Waals surface area contributed by atoms with Crippen LogP contribution in [0.5, 0.6) is 0 Å². The second-order valence-electron chi connectivity index (χ2n) is 14.3. The van der Waals surface area contributed by atoms with E-state index in [1.165, 1.54) is 128 Å². The molecule has 0 radical (unpaired) electrons. The molecule has 0 atom stereocenters. The number of carbonyl (C=O) groups is 2. The van der Waals surface area contributed by atoms with Gasteiger partial charge >= 0.3 is 63.3 Å². The van der Waals surface area contributed by atoms with Crippen LogP contribution in [0.2, 0.25) is 0 Å². The molecular weight excluding hydrogens is 712 g/mol. The molecule has 0 aromatic heterocycles. The molecule has 1 rings (SSSR count). The minimum absolute atomic E-state index is 0. The molecule has 0 spiro atoms. The number of allylic oxidation sites excluding steroid dienone is 4. The first-order chi connectivity index (χ1) is 25.3. The zero-order valence-corrected chi connectivity index (χ0v) is 38.0. The maximum Gasteiger partial charge on any atom is 1.00 e. The molecule has 0 fully saturated rings. The molecule has 0 amide bonds. The van der Waals surface area contributed by atoms with E-state index in [1.54, 1.807) is 0 Å². The molecule has 0 N–H and O–H groups in total. The smallest absolute Gasteiger partial charge is 0.744 e. The number of unbranched alkanes of at least 4 members (excludes halogenated alkanes) is 24. The molecule has 0 aliphatic heterocycles. The molecule has 0 unspecified atom stereocenters. The topological polar surface area (TPSA) is 110 Å². The van der Waals surface area contributed by atoms with Gasteiger partial charge < -0.3 is 14.0 Å². The summed E-state index contributed by atoms with van der Waals surface area (Å²) in [6.45, 7) is 4.72. The average Bonchev–Trinajstić information content (AvgIpc) is 3.13. The van der Waals surface area contributed by atoms with Crippen molar-refractivity contribution in [2.24, 2.45) is 0 Å². The van der Waals surface area contributed by atoms with Crippen molar-refractivity contribution in [2.45, 2.75) is 199 Å².